The number of benzene rings is 2. The van der Waals surface area contributed by atoms with Gasteiger partial charge in [0.15, 0.2) is 11.6 Å². The van der Waals surface area contributed by atoms with Crippen LogP contribution in [-0.4, -0.2) is 37.5 Å². The third kappa shape index (κ3) is 3.43. The molecule has 11 heteroatoms. The molecule has 2 aromatic carbocycles. The molecule has 1 aliphatic rings. The van der Waals surface area contributed by atoms with E-state index in [0.29, 0.717) is 0 Å². The van der Waals surface area contributed by atoms with E-state index in [-0.39, 0.29) is 63.9 Å². The Balaban J connectivity index is 0.00000169. The van der Waals surface area contributed by atoms with Crippen LogP contribution in [0, 0.1) is 0 Å². The summed E-state index contributed by atoms with van der Waals surface area (Å²) < 4.78 is 64.3. The van der Waals surface area contributed by atoms with E-state index in [2.05, 4.69) is 0 Å². The predicted molar refractivity (Wildman–Crippen MR) is 80.5 cm³/mol. The van der Waals surface area contributed by atoms with Gasteiger partial charge in [-0.15, -0.1) is 0 Å². The van der Waals surface area contributed by atoms with Gasteiger partial charge in [0, 0.05) is 11.1 Å². The molecule has 0 aliphatic heterocycles. The summed E-state index contributed by atoms with van der Waals surface area (Å²) in [6, 6.07) is 6.44. The second kappa shape index (κ2) is 6.76. The van der Waals surface area contributed by atoms with Crippen molar-refractivity contribution in [3.8, 4) is 0 Å². The first kappa shape index (κ1) is 20.5. The van der Waals surface area contributed by atoms with Crippen LogP contribution in [0.4, 0.5) is 0 Å². The molecule has 0 fully saturated rings. The maximum atomic E-state index is 12.6. The Morgan fingerprint density at radius 3 is 1.28 bits per heavy atom. The van der Waals surface area contributed by atoms with Gasteiger partial charge in [0.2, 0.25) is 0 Å². The van der Waals surface area contributed by atoms with Crippen molar-refractivity contribution < 1.29 is 88.3 Å². The minimum atomic E-state index is -4.78. The molecule has 1 aliphatic carbocycles. The molecule has 0 heterocycles. The summed E-state index contributed by atoms with van der Waals surface area (Å²) in [4.78, 5) is 23.7. The molecule has 2 N–H and O–H groups in total. The van der Waals surface area contributed by atoms with Crippen LogP contribution in [-0.2, 0) is 20.2 Å². The van der Waals surface area contributed by atoms with E-state index in [0.717, 1.165) is 36.4 Å². The second-order valence-corrected chi connectivity index (χ2v) is 7.75. The molecule has 0 atom stereocenters. The van der Waals surface area contributed by atoms with E-state index >= 15 is 0 Å². The van der Waals surface area contributed by atoms with Gasteiger partial charge in [0.1, 0.15) is 9.79 Å². The van der Waals surface area contributed by atoms with Crippen LogP contribution in [0.3, 0.4) is 0 Å². The minimum absolute atomic E-state index is 0. The zero-order valence-electron chi connectivity index (χ0n) is 13.6. The molecule has 126 valence electrons. The Morgan fingerprint density at radius 2 is 1.00 bits per heavy atom. The van der Waals surface area contributed by atoms with Crippen LogP contribution in [0.5, 0.6) is 0 Å². The standard InChI is InChI=1S/C14H8O8S2.K.H/c15-13-7-3-1-5-9(23(17,18)19)11(7)14(16)8-4-2-6-10(12(8)13)24(20,21)22;;/h1-6H,(H,17,18,19)(H,20,21,22);;/q;+1;-1. The average molecular weight is 408 g/mol. The van der Waals surface area contributed by atoms with Crippen molar-refractivity contribution in [2.24, 2.45) is 0 Å². The van der Waals surface area contributed by atoms with Gasteiger partial charge in [-0.2, -0.15) is 16.8 Å². The van der Waals surface area contributed by atoms with Crippen molar-refractivity contribution in [2.45, 2.75) is 9.79 Å². The number of ketones is 2. The van der Waals surface area contributed by atoms with Crippen molar-refractivity contribution in [2.75, 3.05) is 0 Å². The molecule has 0 bridgehead atoms. The van der Waals surface area contributed by atoms with Crippen LogP contribution >= 0.6 is 0 Å². The zero-order valence-corrected chi connectivity index (χ0v) is 17.4. The molecule has 0 spiro atoms. The molecular formula is C14H9KO8S2. The van der Waals surface area contributed by atoms with Gasteiger partial charge in [-0.3, -0.25) is 18.7 Å². The molecule has 0 aromatic heterocycles. The summed E-state index contributed by atoms with van der Waals surface area (Å²) in [5.41, 5.74) is -1.83. The van der Waals surface area contributed by atoms with Crippen LogP contribution in [0.15, 0.2) is 46.2 Å². The molecule has 0 radical (unpaired) electrons. The first-order valence-electron chi connectivity index (χ1n) is 6.34. The van der Waals surface area contributed by atoms with Crippen LogP contribution in [0.1, 0.15) is 33.3 Å². The van der Waals surface area contributed by atoms with Gasteiger partial charge < -0.3 is 1.43 Å². The summed E-state index contributed by atoms with van der Waals surface area (Å²) in [5.74, 6) is -1.89. The first-order valence-corrected chi connectivity index (χ1v) is 9.22. The largest absolute Gasteiger partial charge is 1.00 e. The summed E-state index contributed by atoms with van der Waals surface area (Å²) in [5, 5.41) is 0. The zero-order chi connectivity index (χ0) is 17.9. The maximum absolute atomic E-state index is 12.6. The van der Waals surface area contributed by atoms with Crippen molar-refractivity contribution >= 4 is 31.8 Å². The van der Waals surface area contributed by atoms with E-state index in [1.54, 1.807) is 0 Å². The van der Waals surface area contributed by atoms with E-state index in [9.17, 15) is 35.5 Å². The number of rotatable bonds is 2. The van der Waals surface area contributed by atoms with Gasteiger partial charge >= 0.3 is 51.4 Å². The molecule has 0 saturated carbocycles. The molecule has 8 nitrogen and oxygen atoms in total. The third-order valence-electron chi connectivity index (χ3n) is 3.55. The third-order valence-corrected chi connectivity index (χ3v) is 5.34. The Kier molecular flexibility index (Phi) is 5.55. The molecule has 0 saturated heterocycles. The van der Waals surface area contributed by atoms with Gasteiger partial charge in [0.05, 0.1) is 11.1 Å². The van der Waals surface area contributed by atoms with Gasteiger partial charge in [0.25, 0.3) is 20.2 Å². The molecule has 0 amide bonds. The van der Waals surface area contributed by atoms with E-state index < -0.39 is 52.7 Å². The topological polar surface area (TPSA) is 143 Å². The van der Waals surface area contributed by atoms with Crippen molar-refractivity contribution in [1.29, 1.82) is 0 Å². The number of hydrogen-bond acceptors (Lipinski definition) is 6. The summed E-state index contributed by atoms with van der Waals surface area (Å²) in [6.45, 7) is 0. The summed E-state index contributed by atoms with van der Waals surface area (Å²) >= 11 is 0. The fraction of sp³-hybridized carbons (Fsp3) is 0. The van der Waals surface area contributed by atoms with Crippen molar-refractivity contribution in [3.63, 3.8) is 0 Å². The van der Waals surface area contributed by atoms with Crippen molar-refractivity contribution in [1.82, 2.24) is 0 Å². The fourth-order valence-electron chi connectivity index (χ4n) is 2.61. The average Bonchev–Trinajstić information content (AvgIpc) is 2.49. The Bertz CT molecular complexity index is 1050. The molecular weight excluding hydrogens is 399 g/mol. The van der Waals surface area contributed by atoms with E-state index in [1.165, 1.54) is 0 Å². The fourth-order valence-corrected chi connectivity index (χ4v) is 4.03. The van der Waals surface area contributed by atoms with Crippen LogP contribution in [0.25, 0.3) is 0 Å². The van der Waals surface area contributed by atoms with Crippen LogP contribution in [0.2, 0.25) is 0 Å². The van der Waals surface area contributed by atoms with E-state index in [1.807, 2.05) is 0 Å². The SMILES string of the molecule is O=C1c2cccc(S(=O)(=O)O)c2C(=O)c2cccc(S(=O)(=O)O)c21.[H-].[K+]. The first-order chi connectivity index (χ1) is 11.0. The smallest absolute Gasteiger partial charge is 1.00 e. The van der Waals surface area contributed by atoms with Gasteiger partial charge in [-0.05, 0) is 12.1 Å². The Labute approximate surface area is 186 Å². The number of carbonyl (C=O) groups excluding carboxylic acids is 2. The second-order valence-electron chi connectivity index (χ2n) is 4.97. The monoisotopic (exact) mass is 408 g/mol. The Morgan fingerprint density at radius 1 is 0.680 bits per heavy atom. The Hall–Kier alpha value is -0.764. The molecule has 0 unspecified atom stereocenters. The summed E-state index contributed by atoms with van der Waals surface area (Å²) in [7, 11) is -9.56. The van der Waals surface area contributed by atoms with Gasteiger partial charge in [-0.25, -0.2) is 0 Å². The van der Waals surface area contributed by atoms with Gasteiger partial charge in [-0.1, -0.05) is 24.3 Å². The van der Waals surface area contributed by atoms with Crippen molar-refractivity contribution in [3.05, 3.63) is 58.7 Å². The normalized spacial score (nSPS) is 13.7. The van der Waals surface area contributed by atoms with Crippen LogP contribution < -0.4 is 51.4 Å². The maximum Gasteiger partial charge on any atom is 1.00 e. The number of hydrogen-bond donors (Lipinski definition) is 2. The molecule has 2 aromatic rings. The number of fused-ring (bicyclic) bond motifs is 2. The number of carbonyl (C=O) groups is 2. The predicted octanol–water partition coefficient (Wildman–Crippen LogP) is -1.93. The quantitative estimate of drug-likeness (QED) is 0.369. The minimum Gasteiger partial charge on any atom is -1.00 e. The molecule has 3 rings (SSSR count). The van der Waals surface area contributed by atoms with E-state index in [4.69, 9.17) is 0 Å². The molecule has 25 heavy (non-hydrogen) atoms. The summed E-state index contributed by atoms with van der Waals surface area (Å²) in [6.07, 6.45) is 0.